The highest BCUT2D eigenvalue weighted by Crippen LogP contribution is 2.45. The maximum Gasteiger partial charge on any atom is 0.340 e. The number of anilines is 1. The first-order valence-corrected chi connectivity index (χ1v) is 9.41. The van der Waals surface area contributed by atoms with E-state index in [2.05, 4.69) is 10.3 Å². The van der Waals surface area contributed by atoms with Crippen molar-refractivity contribution < 1.29 is 23.5 Å². The lowest BCUT2D eigenvalue weighted by Crippen LogP contribution is -2.17. The van der Waals surface area contributed by atoms with Crippen LogP contribution in [0, 0.1) is 19.7 Å². The number of benzene rings is 2. The van der Waals surface area contributed by atoms with Gasteiger partial charge < -0.3 is 19.8 Å². The van der Waals surface area contributed by atoms with Gasteiger partial charge in [0, 0.05) is 28.6 Å². The van der Waals surface area contributed by atoms with Crippen LogP contribution < -0.4 is 10.1 Å². The number of carbonyl (C=O) groups is 2. The SMILES string of the molecule is COC(=O)c1c(C)[nH]c(-c2ccc(F)cc2OC)c1C1C(=O)Nc2ccc(C)cc21. The normalized spacial score (nSPS) is 15.0. The van der Waals surface area contributed by atoms with Crippen LogP contribution in [0.15, 0.2) is 36.4 Å². The summed E-state index contributed by atoms with van der Waals surface area (Å²) >= 11 is 0. The molecule has 1 aliphatic heterocycles. The van der Waals surface area contributed by atoms with Gasteiger partial charge in [0.25, 0.3) is 0 Å². The summed E-state index contributed by atoms with van der Waals surface area (Å²) in [5.41, 5.74) is 4.82. The fourth-order valence-corrected chi connectivity index (χ4v) is 4.05. The number of esters is 1. The number of amides is 1. The second kappa shape index (κ2) is 7.33. The molecule has 1 aliphatic rings. The number of methoxy groups -OCH3 is 2. The molecule has 6 nitrogen and oxygen atoms in total. The van der Waals surface area contributed by atoms with Gasteiger partial charge in [-0.25, -0.2) is 9.18 Å². The van der Waals surface area contributed by atoms with Gasteiger partial charge in [-0.15, -0.1) is 0 Å². The van der Waals surface area contributed by atoms with Crippen molar-refractivity contribution in [1.82, 2.24) is 4.98 Å². The number of ether oxygens (including phenoxy) is 2. The average Bonchev–Trinajstić information content (AvgIpc) is 3.22. The lowest BCUT2D eigenvalue weighted by molar-refractivity contribution is -0.116. The van der Waals surface area contributed by atoms with Gasteiger partial charge >= 0.3 is 5.97 Å². The number of aryl methyl sites for hydroxylation is 2. The molecule has 0 bridgehead atoms. The minimum absolute atomic E-state index is 0.248. The number of carbonyl (C=O) groups excluding carboxylic acids is 2. The Morgan fingerprint density at radius 3 is 2.57 bits per heavy atom. The lowest BCUT2D eigenvalue weighted by atomic mass is 9.86. The Morgan fingerprint density at radius 1 is 1.10 bits per heavy atom. The van der Waals surface area contributed by atoms with Crippen LogP contribution >= 0.6 is 0 Å². The van der Waals surface area contributed by atoms with Crippen molar-refractivity contribution >= 4 is 17.6 Å². The van der Waals surface area contributed by atoms with E-state index in [0.29, 0.717) is 28.2 Å². The van der Waals surface area contributed by atoms with Gasteiger partial charge in [-0.3, -0.25) is 4.79 Å². The Labute approximate surface area is 173 Å². The standard InChI is InChI=1S/C23H21FN2O4/c1-11-5-8-16-15(9-11)19(22(27)26-16)20-18(23(28)30-4)12(2)25-21(20)14-7-6-13(24)10-17(14)29-3/h5-10,19,25H,1-4H3,(H,26,27). The Balaban J connectivity index is 2.04. The van der Waals surface area contributed by atoms with E-state index < -0.39 is 17.7 Å². The van der Waals surface area contributed by atoms with Crippen LogP contribution in [0.3, 0.4) is 0 Å². The topological polar surface area (TPSA) is 80.4 Å². The minimum Gasteiger partial charge on any atom is -0.496 e. The first-order chi connectivity index (χ1) is 14.3. The molecule has 0 fully saturated rings. The molecule has 2 N–H and O–H groups in total. The highest BCUT2D eigenvalue weighted by atomic mass is 19.1. The second-order valence-electron chi connectivity index (χ2n) is 7.26. The number of aromatic amines is 1. The van der Waals surface area contributed by atoms with E-state index in [1.54, 1.807) is 13.0 Å². The van der Waals surface area contributed by atoms with Crippen LogP contribution in [-0.4, -0.2) is 31.1 Å². The molecular weight excluding hydrogens is 387 g/mol. The highest BCUT2D eigenvalue weighted by molar-refractivity contribution is 6.09. The second-order valence-corrected chi connectivity index (χ2v) is 7.26. The molecule has 3 aromatic rings. The van der Waals surface area contributed by atoms with Gasteiger partial charge in [0.1, 0.15) is 11.6 Å². The molecular formula is C23H21FN2O4. The quantitative estimate of drug-likeness (QED) is 0.630. The van der Waals surface area contributed by atoms with Gasteiger partial charge in [0.15, 0.2) is 0 Å². The molecule has 1 amide bonds. The molecule has 1 aromatic heterocycles. The van der Waals surface area contributed by atoms with Crippen molar-refractivity contribution in [2.45, 2.75) is 19.8 Å². The van der Waals surface area contributed by atoms with E-state index in [4.69, 9.17) is 9.47 Å². The van der Waals surface area contributed by atoms with E-state index in [0.717, 1.165) is 11.1 Å². The van der Waals surface area contributed by atoms with Gasteiger partial charge in [-0.1, -0.05) is 17.7 Å². The van der Waals surface area contributed by atoms with Crippen molar-refractivity contribution in [2.75, 3.05) is 19.5 Å². The predicted molar refractivity (Wildman–Crippen MR) is 110 cm³/mol. The first kappa shape index (κ1) is 19.7. The van der Waals surface area contributed by atoms with E-state index in [9.17, 15) is 14.0 Å². The highest BCUT2D eigenvalue weighted by Gasteiger charge is 2.39. The predicted octanol–water partition coefficient (Wildman–Crippen LogP) is 4.32. The van der Waals surface area contributed by atoms with Crippen molar-refractivity contribution in [3.05, 3.63) is 70.2 Å². The number of aromatic nitrogens is 1. The monoisotopic (exact) mass is 408 g/mol. The molecule has 2 aromatic carbocycles. The number of H-pyrrole nitrogens is 1. The zero-order valence-corrected chi connectivity index (χ0v) is 17.1. The van der Waals surface area contributed by atoms with Gasteiger partial charge in [-0.2, -0.15) is 0 Å². The fourth-order valence-electron chi connectivity index (χ4n) is 4.05. The minimum atomic E-state index is -0.733. The number of fused-ring (bicyclic) bond motifs is 1. The van der Waals surface area contributed by atoms with Crippen LogP contribution in [0.2, 0.25) is 0 Å². The molecule has 30 heavy (non-hydrogen) atoms. The Morgan fingerprint density at radius 2 is 1.87 bits per heavy atom. The molecule has 0 spiro atoms. The Kier molecular flexibility index (Phi) is 4.81. The van der Waals surface area contributed by atoms with Crippen molar-refractivity contribution in [3.63, 3.8) is 0 Å². The molecule has 0 saturated carbocycles. The van der Waals surface area contributed by atoms with Crippen LogP contribution in [0.5, 0.6) is 5.75 Å². The number of hydrogen-bond donors (Lipinski definition) is 2. The maximum absolute atomic E-state index is 13.8. The largest absolute Gasteiger partial charge is 0.496 e. The van der Waals surface area contributed by atoms with Gasteiger partial charge in [0.05, 0.1) is 31.4 Å². The lowest BCUT2D eigenvalue weighted by Gasteiger charge is -2.15. The third kappa shape index (κ3) is 3.03. The third-order valence-corrected chi connectivity index (χ3v) is 5.38. The molecule has 0 radical (unpaired) electrons. The van der Waals surface area contributed by atoms with Crippen molar-refractivity contribution in [1.29, 1.82) is 0 Å². The zero-order valence-electron chi connectivity index (χ0n) is 17.1. The Bertz CT molecular complexity index is 1180. The molecule has 4 rings (SSSR count). The summed E-state index contributed by atoms with van der Waals surface area (Å²) in [4.78, 5) is 28.9. The smallest absolute Gasteiger partial charge is 0.340 e. The Hall–Kier alpha value is -3.61. The van der Waals surface area contributed by atoms with Crippen LogP contribution in [0.1, 0.15) is 38.7 Å². The number of nitrogens with one attached hydrogen (secondary N) is 2. The first-order valence-electron chi connectivity index (χ1n) is 9.41. The summed E-state index contributed by atoms with van der Waals surface area (Å²) in [6.07, 6.45) is 0. The molecule has 2 heterocycles. The number of rotatable bonds is 4. The number of hydrogen-bond acceptors (Lipinski definition) is 4. The number of halogens is 1. The molecule has 0 aliphatic carbocycles. The molecule has 7 heteroatoms. The summed E-state index contributed by atoms with van der Waals surface area (Å²) in [5.74, 6) is -1.70. The van der Waals surface area contributed by atoms with Crippen LogP contribution in [0.4, 0.5) is 10.1 Å². The van der Waals surface area contributed by atoms with Crippen molar-refractivity contribution in [3.8, 4) is 17.0 Å². The summed E-state index contributed by atoms with van der Waals surface area (Å²) in [6.45, 7) is 3.67. The van der Waals surface area contributed by atoms with Gasteiger partial charge in [-0.05, 0) is 37.6 Å². The van der Waals surface area contributed by atoms with Crippen molar-refractivity contribution in [2.24, 2.45) is 0 Å². The summed E-state index contributed by atoms with van der Waals surface area (Å²) in [5, 5.41) is 2.89. The van der Waals surface area contributed by atoms with E-state index in [1.165, 1.54) is 26.4 Å². The summed E-state index contributed by atoms with van der Waals surface area (Å²) in [6, 6.07) is 9.82. The molecule has 1 unspecified atom stereocenters. The fraction of sp³-hybridized carbons (Fsp3) is 0.217. The van der Waals surface area contributed by atoms with Crippen LogP contribution in [0.25, 0.3) is 11.3 Å². The molecule has 154 valence electrons. The zero-order chi connectivity index (χ0) is 21.6. The third-order valence-electron chi connectivity index (χ3n) is 5.38. The van der Waals surface area contributed by atoms with E-state index >= 15 is 0 Å². The summed E-state index contributed by atoms with van der Waals surface area (Å²) < 4.78 is 24.2. The molecule has 0 saturated heterocycles. The van der Waals surface area contributed by atoms with Crippen LogP contribution in [-0.2, 0) is 9.53 Å². The average molecular weight is 408 g/mol. The van der Waals surface area contributed by atoms with Gasteiger partial charge in [0.2, 0.25) is 5.91 Å². The van der Waals surface area contributed by atoms with E-state index in [-0.39, 0.29) is 17.2 Å². The van der Waals surface area contributed by atoms with E-state index in [1.807, 2.05) is 25.1 Å². The maximum atomic E-state index is 13.8. The molecule has 1 atom stereocenters. The summed E-state index contributed by atoms with van der Waals surface area (Å²) in [7, 11) is 2.74.